The first-order valence-corrected chi connectivity index (χ1v) is 8.19. The molecule has 0 bridgehead atoms. The largest absolute Gasteiger partial charge is 0.376 e. The van der Waals surface area contributed by atoms with Crippen molar-refractivity contribution < 1.29 is 14.3 Å². The molecule has 3 N–H and O–H groups in total. The van der Waals surface area contributed by atoms with Crippen molar-refractivity contribution in [3.63, 3.8) is 0 Å². The third-order valence-electron chi connectivity index (χ3n) is 3.63. The summed E-state index contributed by atoms with van der Waals surface area (Å²) in [6.45, 7) is 3.51. The van der Waals surface area contributed by atoms with Crippen LogP contribution >= 0.6 is 0 Å². The minimum atomic E-state index is -0.0686. The third-order valence-corrected chi connectivity index (χ3v) is 3.63. The number of nitrogens with one attached hydrogen (secondary N) is 3. The lowest BCUT2D eigenvalue weighted by Crippen LogP contribution is -2.35. The molecule has 6 heteroatoms. The van der Waals surface area contributed by atoms with Crippen LogP contribution in [-0.2, 0) is 14.3 Å². The molecule has 6 nitrogen and oxygen atoms in total. The van der Waals surface area contributed by atoms with Gasteiger partial charge in [-0.3, -0.25) is 9.59 Å². The Morgan fingerprint density at radius 3 is 2.83 bits per heavy atom. The van der Waals surface area contributed by atoms with Crippen molar-refractivity contribution in [1.29, 1.82) is 0 Å². The number of hydrogen-bond acceptors (Lipinski definition) is 4. The van der Waals surface area contributed by atoms with Crippen LogP contribution in [0, 0.1) is 0 Å². The Morgan fingerprint density at radius 1 is 1.26 bits per heavy atom. The van der Waals surface area contributed by atoms with Crippen LogP contribution in [0.15, 0.2) is 24.3 Å². The number of rotatable bonds is 8. The molecule has 1 saturated heterocycles. The zero-order valence-electron chi connectivity index (χ0n) is 13.6. The molecular weight excluding hydrogens is 294 g/mol. The molecule has 1 atom stereocenters. The molecule has 0 aliphatic carbocycles. The van der Waals surface area contributed by atoms with Crippen molar-refractivity contribution in [1.82, 2.24) is 5.32 Å². The van der Waals surface area contributed by atoms with E-state index in [1.165, 1.54) is 0 Å². The van der Waals surface area contributed by atoms with Crippen molar-refractivity contribution in [2.24, 2.45) is 0 Å². The molecule has 126 valence electrons. The second-order valence-electron chi connectivity index (χ2n) is 5.67. The summed E-state index contributed by atoms with van der Waals surface area (Å²) in [5.74, 6) is -0.0696. The Morgan fingerprint density at radius 2 is 2.09 bits per heavy atom. The van der Waals surface area contributed by atoms with E-state index in [1.54, 1.807) is 0 Å². The van der Waals surface area contributed by atoms with Crippen LogP contribution in [0.4, 0.5) is 11.4 Å². The molecule has 2 amide bonds. The van der Waals surface area contributed by atoms with Crippen molar-refractivity contribution in [2.75, 3.05) is 30.3 Å². The number of benzene rings is 1. The Balaban J connectivity index is 1.73. The highest BCUT2D eigenvalue weighted by Gasteiger charge is 2.15. The Kier molecular flexibility index (Phi) is 6.87. The summed E-state index contributed by atoms with van der Waals surface area (Å²) in [5.41, 5.74) is 1.53. The SMILES string of the molecule is CCCC(=O)Nc1cccc(NCC(=O)NCC2CCCO2)c1. The predicted molar refractivity (Wildman–Crippen MR) is 90.5 cm³/mol. The van der Waals surface area contributed by atoms with E-state index in [4.69, 9.17) is 4.74 Å². The van der Waals surface area contributed by atoms with Gasteiger partial charge in [-0.25, -0.2) is 0 Å². The first kappa shape index (κ1) is 17.3. The Hall–Kier alpha value is -2.08. The summed E-state index contributed by atoms with van der Waals surface area (Å²) in [6.07, 6.45) is 3.54. The number of carbonyl (C=O) groups is 2. The number of ether oxygens (including phenoxy) is 1. The van der Waals surface area contributed by atoms with Crippen LogP contribution in [0.2, 0.25) is 0 Å². The van der Waals surface area contributed by atoms with Gasteiger partial charge in [-0.1, -0.05) is 13.0 Å². The zero-order valence-corrected chi connectivity index (χ0v) is 13.6. The number of amides is 2. The number of anilines is 2. The van der Waals surface area contributed by atoms with Gasteiger partial charge in [0.05, 0.1) is 12.6 Å². The van der Waals surface area contributed by atoms with Crippen LogP contribution in [0.5, 0.6) is 0 Å². The van der Waals surface area contributed by atoms with E-state index in [9.17, 15) is 9.59 Å². The van der Waals surface area contributed by atoms with Gasteiger partial charge in [0, 0.05) is 30.9 Å². The van der Waals surface area contributed by atoms with Crippen molar-refractivity contribution in [2.45, 2.75) is 38.7 Å². The fourth-order valence-corrected chi connectivity index (χ4v) is 2.44. The molecular formula is C17H25N3O3. The molecule has 1 aliphatic heterocycles. The van der Waals surface area contributed by atoms with Gasteiger partial charge in [0.1, 0.15) is 0 Å². The molecule has 1 aromatic rings. The lowest BCUT2D eigenvalue weighted by molar-refractivity contribution is -0.120. The molecule has 1 heterocycles. The van der Waals surface area contributed by atoms with Gasteiger partial charge in [-0.05, 0) is 37.5 Å². The normalized spacial score (nSPS) is 16.8. The second kappa shape index (κ2) is 9.15. The van der Waals surface area contributed by atoms with E-state index >= 15 is 0 Å². The first-order chi connectivity index (χ1) is 11.2. The van der Waals surface area contributed by atoms with Gasteiger partial charge < -0.3 is 20.7 Å². The molecule has 1 fully saturated rings. The summed E-state index contributed by atoms with van der Waals surface area (Å²) in [6, 6.07) is 7.36. The van der Waals surface area contributed by atoms with E-state index in [0.29, 0.717) is 13.0 Å². The maximum absolute atomic E-state index is 11.8. The maximum atomic E-state index is 11.8. The second-order valence-corrected chi connectivity index (χ2v) is 5.67. The zero-order chi connectivity index (χ0) is 16.5. The molecule has 1 unspecified atom stereocenters. The first-order valence-electron chi connectivity index (χ1n) is 8.19. The highest BCUT2D eigenvalue weighted by molar-refractivity contribution is 5.91. The van der Waals surface area contributed by atoms with E-state index in [2.05, 4.69) is 16.0 Å². The van der Waals surface area contributed by atoms with Gasteiger partial charge >= 0.3 is 0 Å². The van der Waals surface area contributed by atoms with Crippen LogP contribution in [0.3, 0.4) is 0 Å². The highest BCUT2D eigenvalue weighted by atomic mass is 16.5. The van der Waals surface area contributed by atoms with Crippen LogP contribution in [0.25, 0.3) is 0 Å². The van der Waals surface area contributed by atoms with E-state index in [1.807, 2.05) is 31.2 Å². The van der Waals surface area contributed by atoms with Crippen LogP contribution in [0.1, 0.15) is 32.6 Å². The smallest absolute Gasteiger partial charge is 0.239 e. The maximum Gasteiger partial charge on any atom is 0.239 e. The van der Waals surface area contributed by atoms with Crippen LogP contribution < -0.4 is 16.0 Å². The highest BCUT2D eigenvalue weighted by Crippen LogP contribution is 2.15. The van der Waals surface area contributed by atoms with Crippen molar-refractivity contribution in [3.8, 4) is 0 Å². The summed E-state index contributed by atoms with van der Waals surface area (Å²) < 4.78 is 5.46. The third kappa shape index (κ3) is 6.28. The standard InChI is InChI=1S/C17H25N3O3/c1-2-5-16(21)20-14-7-3-6-13(10-14)18-12-17(22)19-11-15-8-4-9-23-15/h3,6-7,10,15,18H,2,4-5,8-9,11-12H2,1H3,(H,19,22)(H,20,21). The van der Waals surface area contributed by atoms with Gasteiger partial charge in [-0.15, -0.1) is 0 Å². The number of carbonyl (C=O) groups excluding carboxylic acids is 2. The molecule has 0 radical (unpaired) electrons. The van der Waals surface area contributed by atoms with E-state index in [0.717, 1.165) is 37.2 Å². The Labute approximate surface area is 137 Å². The van der Waals surface area contributed by atoms with E-state index in [-0.39, 0.29) is 24.5 Å². The van der Waals surface area contributed by atoms with Crippen molar-refractivity contribution >= 4 is 23.2 Å². The molecule has 1 aliphatic rings. The summed E-state index contributed by atoms with van der Waals surface area (Å²) in [5, 5.41) is 8.76. The van der Waals surface area contributed by atoms with Gasteiger partial charge in [0.15, 0.2) is 0 Å². The quantitative estimate of drug-likeness (QED) is 0.686. The molecule has 0 saturated carbocycles. The average molecular weight is 319 g/mol. The van der Waals surface area contributed by atoms with Crippen LogP contribution in [-0.4, -0.2) is 37.6 Å². The lowest BCUT2D eigenvalue weighted by atomic mass is 10.2. The fraction of sp³-hybridized carbons (Fsp3) is 0.529. The van der Waals surface area contributed by atoms with Gasteiger partial charge in [0.25, 0.3) is 0 Å². The van der Waals surface area contributed by atoms with Gasteiger partial charge in [-0.2, -0.15) is 0 Å². The lowest BCUT2D eigenvalue weighted by Gasteiger charge is -2.12. The fourth-order valence-electron chi connectivity index (χ4n) is 2.44. The minimum Gasteiger partial charge on any atom is -0.376 e. The molecule has 1 aromatic carbocycles. The molecule has 0 aromatic heterocycles. The monoisotopic (exact) mass is 319 g/mol. The Bertz CT molecular complexity index is 528. The molecule has 23 heavy (non-hydrogen) atoms. The molecule has 2 rings (SSSR count). The minimum absolute atomic E-state index is 0.000966. The summed E-state index contributed by atoms with van der Waals surface area (Å²) >= 11 is 0. The topological polar surface area (TPSA) is 79.5 Å². The predicted octanol–water partition coefficient (Wildman–Crippen LogP) is 2.13. The molecule has 0 spiro atoms. The van der Waals surface area contributed by atoms with Crippen molar-refractivity contribution in [3.05, 3.63) is 24.3 Å². The van der Waals surface area contributed by atoms with E-state index < -0.39 is 0 Å². The summed E-state index contributed by atoms with van der Waals surface area (Å²) in [7, 11) is 0. The van der Waals surface area contributed by atoms with Gasteiger partial charge in [0.2, 0.25) is 11.8 Å². The summed E-state index contributed by atoms with van der Waals surface area (Å²) in [4.78, 5) is 23.4. The number of hydrogen-bond donors (Lipinski definition) is 3. The average Bonchev–Trinajstić information content (AvgIpc) is 3.05.